The lowest BCUT2D eigenvalue weighted by molar-refractivity contribution is -0.0361. The molecule has 164 valence electrons. The molecule has 0 radical (unpaired) electrons. The summed E-state index contributed by atoms with van der Waals surface area (Å²) >= 11 is 0. The van der Waals surface area contributed by atoms with Crippen molar-refractivity contribution in [1.29, 1.82) is 0 Å². The van der Waals surface area contributed by atoms with Crippen molar-refractivity contribution >= 4 is 16.9 Å². The van der Waals surface area contributed by atoms with Crippen LogP contribution in [0.3, 0.4) is 0 Å². The Hall–Kier alpha value is -1.99. The van der Waals surface area contributed by atoms with Gasteiger partial charge in [-0.25, -0.2) is 4.98 Å². The molecule has 1 saturated heterocycles. The van der Waals surface area contributed by atoms with Gasteiger partial charge in [-0.15, -0.1) is 0 Å². The van der Waals surface area contributed by atoms with E-state index in [4.69, 9.17) is 9.72 Å². The molecule has 1 amide bonds. The Morgan fingerprint density at radius 1 is 1.23 bits per heavy atom. The molecule has 0 atom stereocenters. The fourth-order valence-corrected chi connectivity index (χ4v) is 5.13. The number of rotatable bonds is 5. The zero-order valence-corrected chi connectivity index (χ0v) is 18.8. The number of aryl methyl sites for hydroxylation is 2. The van der Waals surface area contributed by atoms with E-state index >= 15 is 0 Å². The summed E-state index contributed by atoms with van der Waals surface area (Å²) in [6.45, 7) is 10.3. The molecule has 30 heavy (non-hydrogen) atoms. The molecule has 2 aliphatic rings. The first-order valence-electron chi connectivity index (χ1n) is 11.4. The van der Waals surface area contributed by atoms with E-state index in [0.29, 0.717) is 12.1 Å². The van der Waals surface area contributed by atoms with E-state index in [1.165, 1.54) is 19.3 Å². The van der Waals surface area contributed by atoms with Crippen LogP contribution in [0.1, 0.15) is 73.6 Å². The van der Waals surface area contributed by atoms with Gasteiger partial charge in [0.25, 0.3) is 5.91 Å². The Morgan fingerprint density at radius 3 is 2.60 bits per heavy atom. The lowest BCUT2D eigenvalue weighted by Crippen LogP contribution is -2.59. The standard InChI is InChI=1S/C23H35N5O2/c1-16(2)19-14-18(20-17(3)26-27(4)21(20)25-19)22(29)24-15-23(8-6-5-7-9-23)28-10-12-30-13-11-28/h14,16H,5-13,15H2,1-4H3,(H,24,29). The lowest BCUT2D eigenvalue weighted by Gasteiger charge is -2.48. The zero-order chi connectivity index (χ0) is 21.3. The van der Waals surface area contributed by atoms with E-state index in [9.17, 15) is 4.79 Å². The Balaban J connectivity index is 1.62. The summed E-state index contributed by atoms with van der Waals surface area (Å²) in [5, 5.41) is 8.70. The molecule has 1 aliphatic carbocycles. The number of nitrogens with zero attached hydrogens (tertiary/aromatic N) is 4. The summed E-state index contributed by atoms with van der Waals surface area (Å²) in [5.74, 6) is 0.229. The number of ether oxygens (including phenoxy) is 1. The third-order valence-corrected chi connectivity index (χ3v) is 6.87. The van der Waals surface area contributed by atoms with Gasteiger partial charge in [0.05, 0.1) is 29.9 Å². The monoisotopic (exact) mass is 413 g/mol. The highest BCUT2D eigenvalue weighted by Gasteiger charge is 2.39. The van der Waals surface area contributed by atoms with Crippen molar-refractivity contribution in [3.8, 4) is 0 Å². The first-order valence-corrected chi connectivity index (χ1v) is 11.4. The quantitative estimate of drug-likeness (QED) is 0.815. The van der Waals surface area contributed by atoms with Crippen LogP contribution < -0.4 is 5.32 Å². The van der Waals surface area contributed by atoms with Crippen LogP contribution in [0.5, 0.6) is 0 Å². The SMILES string of the molecule is Cc1nn(C)c2nc(C(C)C)cc(C(=O)NCC3(N4CCOCC4)CCCCC3)c12. The molecule has 0 unspecified atom stereocenters. The Morgan fingerprint density at radius 2 is 1.93 bits per heavy atom. The highest BCUT2D eigenvalue weighted by Crippen LogP contribution is 2.34. The topological polar surface area (TPSA) is 72.3 Å². The number of aromatic nitrogens is 3. The molecule has 7 nitrogen and oxygen atoms in total. The molecule has 0 spiro atoms. The van der Waals surface area contributed by atoms with Gasteiger partial charge >= 0.3 is 0 Å². The molecule has 1 N–H and O–H groups in total. The van der Waals surface area contributed by atoms with E-state index in [-0.39, 0.29) is 17.4 Å². The van der Waals surface area contributed by atoms with Crippen molar-refractivity contribution in [1.82, 2.24) is 25.0 Å². The Labute approximate surface area is 179 Å². The number of morpholine rings is 1. The average Bonchev–Trinajstić information content (AvgIpc) is 3.06. The van der Waals surface area contributed by atoms with Crippen LogP contribution in [0.4, 0.5) is 0 Å². The van der Waals surface area contributed by atoms with Crippen molar-refractivity contribution in [2.24, 2.45) is 7.05 Å². The van der Waals surface area contributed by atoms with Gasteiger partial charge in [0, 0.05) is 37.9 Å². The van der Waals surface area contributed by atoms with Crippen LogP contribution in [0.15, 0.2) is 6.07 Å². The van der Waals surface area contributed by atoms with Crippen molar-refractivity contribution in [2.75, 3.05) is 32.8 Å². The highest BCUT2D eigenvalue weighted by atomic mass is 16.5. The number of carbonyl (C=O) groups is 1. The van der Waals surface area contributed by atoms with Gasteiger partial charge in [0.2, 0.25) is 0 Å². The summed E-state index contributed by atoms with van der Waals surface area (Å²) in [5.41, 5.74) is 3.30. The smallest absolute Gasteiger partial charge is 0.252 e. The van der Waals surface area contributed by atoms with Crippen LogP contribution in [-0.4, -0.2) is 64.0 Å². The van der Waals surface area contributed by atoms with E-state index in [2.05, 4.69) is 29.2 Å². The second-order valence-corrected chi connectivity index (χ2v) is 9.22. The average molecular weight is 414 g/mol. The number of carbonyl (C=O) groups excluding carboxylic acids is 1. The van der Waals surface area contributed by atoms with Gasteiger partial charge in [0.1, 0.15) is 0 Å². The fourth-order valence-electron chi connectivity index (χ4n) is 5.13. The number of hydrogen-bond acceptors (Lipinski definition) is 5. The summed E-state index contributed by atoms with van der Waals surface area (Å²) in [7, 11) is 1.89. The summed E-state index contributed by atoms with van der Waals surface area (Å²) < 4.78 is 7.37. The minimum Gasteiger partial charge on any atom is -0.379 e. The molecule has 0 aromatic carbocycles. The molecule has 2 fully saturated rings. The first-order chi connectivity index (χ1) is 14.4. The third-order valence-electron chi connectivity index (χ3n) is 6.87. The lowest BCUT2D eigenvalue weighted by atomic mass is 9.79. The Bertz CT molecular complexity index is 908. The number of amides is 1. The molecule has 2 aromatic rings. The van der Waals surface area contributed by atoms with Crippen molar-refractivity contribution in [2.45, 2.75) is 64.3 Å². The van der Waals surface area contributed by atoms with Gasteiger partial charge < -0.3 is 10.1 Å². The zero-order valence-electron chi connectivity index (χ0n) is 18.8. The number of fused-ring (bicyclic) bond motifs is 1. The minimum absolute atomic E-state index is 0.0152. The number of hydrogen-bond donors (Lipinski definition) is 1. The summed E-state index contributed by atoms with van der Waals surface area (Å²) in [6, 6.07) is 1.96. The van der Waals surface area contributed by atoms with E-state index in [0.717, 1.165) is 61.6 Å². The van der Waals surface area contributed by atoms with Crippen LogP contribution in [0.2, 0.25) is 0 Å². The maximum atomic E-state index is 13.4. The number of pyridine rings is 1. The van der Waals surface area contributed by atoms with Crippen molar-refractivity contribution in [3.05, 3.63) is 23.0 Å². The van der Waals surface area contributed by atoms with Gasteiger partial charge in [-0.05, 0) is 31.7 Å². The van der Waals surface area contributed by atoms with Crippen molar-refractivity contribution < 1.29 is 9.53 Å². The van der Waals surface area contributed by atoms with E-state index in [1.807, 2.05) is 20.0 Å². The fraction of sp³-hybridized carbons (Fsp3) is 0.696. The highest BCUT2D eigenvalue weighted by molar-refractivity contribution is 6.06. The maximum absolute atomic E-state index is 13.4. The molecule has 1 aliphatic heterocycles. The summed E-state index contributed by atoms with van der Waals surface area (Å²) in [4.78, 5) is 20.8. The normalized spacial score (nSPS) is 20.0. The van der Waals surface area contributed by atoms with Gasteiger partial charge in [-0.2, -0.15) is 5.10 Å². The second kappa shape index (κ2) is 8.63. The predicted octanol–water partition coefficient (Wildman–Crippen LogP) is 3.17. The predicted molar refractivity (Wildman–Crippen MR) is 118 cm³/mol. The molecule has 2 aromatic heterocycles. The molecule has 3 heterocycles. The van der Waals surface area contributed by atoms with Gasteiger partial charge in [0.15, 0.2) is 5.65 Å². The van der Waals surface area contributed by atoms with Crippen LogP contribution in [-0.2, 0) is 11.8 Å². The molecular weight excluding hydrogens is 378 g/mol. The van der Waals surface area contributed by atoms with Crippen LogP contribution >= 0.6 is 0 Å². The molecule has 0 bridgehead atoms. The molecule has 1 saturated carbocycles. The maximum Gasteiger partial charge on any atom is 0.252 e. The molecule has 7 heteroatoms. The first kappa shape index (κ1) is 21.2. The van der Waals surface area contributed by atoms with E-state index < -0.39 is 0 Å². The van der Waals surface area contributed by atoms with Gasteiger partial charge in [-0.1, -0.05) is 33.1 Å². The second-order valence-electron chi connectivity index (χ2n) is 9.22. The Kier molecular flexibility index (Phi) is 6.11. The van der Waals surface area contributed by atoms with Crippen LogP contribution in [0, 0.1) is 6.92 Å². The van der Waals surface area contributed by atoms with E-state index in [1.54, 1.807) is 4.68 Å². The largest absolute Gasteiger partial charge is 0.379 e. The summed E-state index contributed by atoms with van der Waals surface area (Å²) in [6.07, 6.45) is 6.03. The third kappa shape index (κ3) is 3.97. The van der Waals surface area contributed by atoms with Crippen LogP contribution in [0.25, 0.3) is 11.0 Å². The van der Waals surface area contributed by atoms with Crippen molar-refractivity contribution in [3.63, 3.8) is 0 Å². The molecular formula is C23H35N5O2. The van der Waals surface area contributed by atoms with Gasteiger partial charge in [-0.3, -0.25) is 14.4 Å². The molecule has 4 rings (SSSR count). The minimum atomic E-state index is -0.0152. The number of nitrogens with one attached hydrogen (secondary N) is 1.